The smallest absolute Gasteiger partial charge is 0.253 e. The number of anilines is 1. The quantitative estimate of drug-likeness (QED) is 0.873. The van der Waals surface area contributed by atoms with Crippen molar-refractivity contribution in [3.05, 3.63) is 58.9 Å². The number of aromatic nitrogens is 1. The highest BCUT2D eigenvalue weighted by atomic mass is 35.5. The monoisotopic (exact) mass is 387 g/mol. The zero-order valence-corrected chi connectivity index (χ0v) is 15.7. The molecule has 2 saturated heterocycles. The maximum atomic E-state index is 12.5. The van der Waals surface area contributed by atoms with Gasteiger partial charge in [-0.25, -0.2) is 0 Å². The highest BCUT2D eigenvalue weighted by molar-refractivity contribution is 6.30. The summed E-state index contributed by atoms with van der Waals surface area (Å²) in [6.07, 6.45) is 5.03. The fraction of sp³-hybridized carbons (Fsp3) is 0.400. The summed E-state index contributed by atoms with van der Waals surface area (Å²) in [6, 6.07) is 9.30. The Hall–Kier alpha value is -2.15. The van der Waals surface area contributed by atoms with Crippen molar-refractivity contribution in [3.8, 4) is 0 Å². The van der Waals surface area contributed by atoms with Gasteiger partial charge in [-0.05, 0) is 23.8 Å². The third-order valence-corrected chi connectivity index (χ3v) is 5.31. The Morgan fingerprint density at radius 2 is 1.85 bits per heavy atom. The standard InChI is InChI=1S/C20H22ClN3O3/c21-17-3-1-15(2-4-17)12-23-19(25)16-11-18(14-22-13-16)24-7-5-20(6-8-24)26-9-10-27-20/h1-4,11,13-14H,5-10,12H2,(H,23,25). The first-order valence-electron chi connectivity index (χ1n) is 9.14. The average molecular weight is 388 g/mol. The molecule has 1 aromatic heterocycles. The van der Waals surface area contributed by atoms with Crippen molar-refractivity contribution < 1.29 is 14.3 Å². The van der Waals surface area contributed by atoms with Gasteiger partial charge in [-0.2, -0.15) is 0 Å². The molecule has 0 aliphatic carbocycles. The average Bonchev–Trinajstić information content (AvgIpc) is 3.16. The number of benzene rings is 1. The van der Waals surface area contributed by atoms with Gasteiger partial charge in [0.25, 0.3) is 5.91 Å². The van der Waals surface area contributed by atoms with Crippen molar-refractivity contribution in [2.75, 3.05) is 31.2 Å². The van der Waals surface area contributed by atoms with Gasteiger partial charge in [0, 0.05) is 43.7 Å². The number of halogens is 1. The molecular weight excluding hydrogens is 366 g/mol. The summed E-state index contributed by atoms with van der Waals surface area (Å²) >= 11 is 5.89. The molecule has 0 atom stereocenters. The number of hydrogen-bond acceptors (Lipinski definition) is 5. The molecule has 3 heterocycles. The molecule has 0 radical (unpaired) electrons. The van der Waals surface area contributed by atoms with Crippen LogP contribution in [0.4, 0.5) is 5.69 Å². The summed E-state index contributed by atoms with van der Waals surface area (Å²) in [7, 11) is 0. The minimum Gasteiger partial charge on any atom is -0.370 e. The number of carbonyl (C=O) groups excluding carboxylic acids is 1. The van der Waals surface area contributed by atoms with Crippen molar-refractivity contribution in [2.45, 2.75) is 25.2 Å². The van der Waals surface area contributed by atoms with E-state index in [9.17, 15) is 4.79 Å². The minimum absolute atomic E-state index is 0.143. The maximum absolute atomic E-state index is 12.5. The summed E-state index contributed by atoms with van der Waals surface area (Å²) in [5.41, 5.74) is 2.49. The third-order valence-electron chi connectivity index (χ3n) is 5.06. The molecule has 2 aromatic rings. The van der Waals surface area contributed by atoms with E-state index in [2.05, 4.69) is 15.2 Å². The lowest BCUT2D eigenvalue weighted by atomic mass is 10.0. The molecule has 2 fully saturated rings. The van der Waals surface area contributed by atoms with E-state index in [1.165, 1.54) is 0 Å². The molecule has 0 bridgehead atoms. The van der Waals surface area contributed by atoms with Crippen LogP contribution in [-0.2, 0) is 16.0 Å². The zero-order chi connectivity index (χ0) is 18.7. The van der Waals surface area contributed by atoms with E-state index in [-0.39, 0.29) is 5.91 Å². The Morgan fingerprint density at radius 1 is 1.15 bits per heavy atom. The van der Waals surface area contributed by atoms with E-state index in [1.54, 1.807) is 12.4 Å². The Balaban J connectivity index is 1.37. The number of ether oxygens (including phenoxy) is 2. The zero-order valence-electron chi connectivity index (χ0n) is 15.0. The van der Waals surface area contributed by atoms with Crippen LogP contribution in [0.5, 0.6) is 0 Å². The SMILES string of the molecule is O=C(NCc1ccc(Cl)cc1)c1cncc(N2CCC3(CC2)OCCO3)c1. The molecule has 0 unspecified atom stereocenters. The number of amides is 1. The summed E-state index contributed by atoms with van der Waals surface area (Å²) in [6.45, 7) is 3.42. The van der Waals surface area contributed by atoms with Crippen LogP contribution >= 0.6 is 11.6 Å². The summed E-state index contributed by atoms with van der Waals surface area (Å²) in [5, 5.41) is 3.60. The van der Waals surface area contributed by atoms with E-state index in [1.807, 2.05) is 30.3 Å². The van der Waals surface area contributed by atoms with E-state index in [4.69, 9.17) is 21.1 Å². The molecule has 0 saturated carbocycles. The molecule has 1 amide bonds. The molecule has 1 spiro atoms. The predicted molar refractivity (Wildman–Crippen MR) is 103 cm³/mol. The van der Waals surface area contributed by atoms with Crippen molar-refractivity contribution in [1.82, 2.24) is 10.3 Å². The number of pyridine rings is 1. The van der Waals surface area contributed by atoms with Gasteiger partial charge in [0.05, 0.1) is 30.7 Å². The van der Waals surface area contributed by atoms with Crippen LogP contribution in [-0.4, -0.2) is 43.0 Å². The summed E-state index contributed by atoms with van der Waals surface area (Å²) < 4.78 is 11.5. The highest BCUT2D eigenvalue weighted by Crippen LogP contribution is 2.33. The van der Waals surface area contributed by atoms with Crippen LogP contribution in [0.25, 0.3) is 0 Å². The van der Waals surface area contributed by atoms with Gasteiger partial charge in [0.1, 0.15) is 0 Å². The summed E-state index contributed by atoms with van der Waals surface area (Å²) in [5.74, 6) is -0.549. The molecular formula is C20H22ClN3O3. The van der Waals surface area contributed by atoms with Crippen LogP contribution in [0.3, 0.4) is 0 Å². The molecule has 6 nitrogen and oxygen atoms in total. The molecule has 2 aliphatic heterocycles. The van der Waals surface area contributed by atoms with Crippen molar-refractivity contribution in [2.24, 2.45) is 0 Å². The Labute approximate surface area is 163 Å². The first-order valence-corrected chi connectivity index (χ1v) is 9.52. The van der Waals surface area contributed by atoms with Gasteiger partial charge in [-0.3, -0.25) is 9.78 Å². The van der Waals surface area contributed by atoms with E-state index < -0.39 is 5.79 Å². The van der Waals surface area contributed by atoms with Gasteiger partial charge >= 0.3 is 0 Å². The first-order chi connectivity index (χ1) is 13.1. The lowest BCUT2D eigenvalue weighted by Gasteiger charge is -2.38. The molecule has 142 valence electrons. The minimum atomic E-state index is -0.405. The number of nitrogens with zero attached hydrogens (tertiary/aromatic N) is 2. The molecule has 1 N–H and O–H groups in total. The number of piperidine rings is 1. The van der Waals surface area contributed by atoms with Gasteiger partial charge in [0.2, 0.25) is 0 Å². The van der Waals surface area contributed by atoms with Crippen molar-refractivity contribution >= 4 is 23.2 Å². The highest BCUT2D eigenvalue weighted by Gasteiger charge is 2.39. The second-order valence-electron chi connectivity index (χ2n) is 6.84. The second kappa shape index (κ2) is 7.84. The normalized spacial score (nSPS) is 18.6. The maximum Gasteiger partial charge on any atom is 0.253 e. The van der Waals surface area contributed by atoms with Gasteiger partial charge < -0.3 is 19.7 Å². The molecule has 1 aromatic carbocycles. The Bertz CT molecular complexity index is 796. The number of rotatable bonds is 4. The van der Waals surface area contributed by atoms with Crippen LogP contribution in [0, 0.1) is 0 Å². The third kappa shape index (κ3) is 4.24. The summed E-state index contributed by atoms with van der Waals surface area (Å²) in [4.78, 5) is 19.0. The van der Waals surface area contributed by atoms with Gasteiger partial charge in [0.15, 0.2) is 5.79 Å². The second-order valence-corrected chi connectivity index (χ2v) is 7.27. The molecule has 7 heteroatoms. The molecule has 4 rings (SSSR count). The Kier molecular flexibility index (Phi) is 5.29. The number of hydrogen-bond donors (Lipinski definition) is 1. The van der Waals surface area contributed by atoms with Crippen LogP contribution in [0.2, 0.25) is 5.02 Å². The van der Waals surface area contributed by atoms with E-state index >= 15 is 0 Å². The van der Waals surface area contributed by atoms with Crippen molar-refractivity contribution in [1.29, 1.82) is 0 Å². The Morgan fingerprint density at radius 3 is 2.56 bits per heavy atom. The largest absolute Gasteiger partial charge is 0.370 e. The number of nitrogens with one attached hydrogen (secondary N) is 1. The fourth-order valence-corrected chi connectivity index (χ4v) is 3.63. The lowest BCUT2D eigenvalue weighted by molar-refractivity contribution is -0.169. The molecule has 27 heavy (non-hydrogen) atoms. The molecule has 2 aliphatic rings. The van der Waals surface area contributed by atoms with Crippen molar-refractivity contribution in [3.63, 3.8) is 0 Å². The lowest BCUT2D eigenvalue weighted by Crippen LogP contribution is -2.45. The first kappa shape index (κ1) is 18.2. The van der Waals surface area contributed by atoms with E-state index in [0.717, 1.165) is 37.2 Å². The number of carbonyl (C=O) groups is 1. The van der Waals surface area contributed by atoms with Gasteiger partial charge in [-0.1, -0.05) is 23.7 Å². The van der Waals surface area contributed by atoms with Gasteiger partial charge in [-0.15, -0.1) is 0 Å². The van der Waals surface area contributed by atoms with Crippen LogP contribution in [0.15, 0.2) is 42.7 Å². The van der Waals surface area contributed by atoms with Crippen LogP contribution < -0.4 is 10.2 Å². The van der Waals surface area contributed by atoms with Crippen LogP contribution in [0.1, 0.15) is 28.8 Å². The topological polar surface area (TPSA) is 63.7 Å². The fourth-order valence-electron chi connectivity index (χ4n) is 3.50. The predicted octanol–water partition coefficient (Wildman–Crippen LogP) is 3.01. The van der Waals surface area contributed by atoms with E-state index in [0.29, 0.717) is 30.3 Å².